The summed E-state index contributed by atoms with van der Waals surface area (Å²) in [6, 6.07) is 17.4. The van der Waals surface area contributed by atoms with Crippen molar-refractivity contribution < 1.29 is 4.79 Å². The van der Waals surface area contributed by atoms with Gasteiger partial charge in [0.15, 0.2) is 5.16 Å². The first-order valence-electron chi connectivity index (χ1n) is 6.25. The van der Waals surface area contributed by atoms with Crippen molar-refractivity contribution in [2.45, 2.75) is 5.16 Å². The van der Waals surface area contributed by atoms with Gasteiger partial charge in [0.25, 0.3) is 0 Å². The molecule has 0 aliphatic heterocycles. The van der Waals surface area contributed by atoms with Gasteiger partial charge in [-0.1, -0.05) is 30.3 Å². The largest absolute Gasteiger partial charge is 0.377 e. The monoisotopic (exact) mass is 283 g/mol. The number of imidazole rings is 1. The number of fused-ring (bicyclic) bond motifs is 1. The summed E-state index contributed by atoms with van der Waals surface area (Å²) in [5.74, 6) is 0. The Morgan fingerprint density at radius 3 is 2.65 bits per heavy atom. The van der Waals surface area contributed by atoms with Gasteiger partial charge < -0.3 is 10.3 Å². The summed E-state index contributed by atoms with van der Waals surface area (Å²) in [7, 11) is 0. The molecule has 4 nitrogen and oxygen atoms in total. The standard InChI is InChI=1S/C15H13N3OS/c19-14(10-16-11-6-2-1-3-7-11)20-15-17-12-8-4-5-9-13(12)18-15/h1-9,16H,10H2,(H,17,18). The minimum absolute atomic E-state index is 0.0212. The number of hydrogen-bond acceptors (Lipinski definition) is 4. The lowest BCUT2D eigenvalue weighted by molar-refractivity contribution is -0.109. The molecule has 1 aromatic heterocycles. The molecule has 100 valence electrons. The highest BCUT2D eigenvalue weighted by atomic mass is 32.2. The van der Waals surface area contributed by atoms with E-state index in [0.29, 0.717) is 5.16 Å². The first-order valence-corrected chi connectivity index (χ1v) is 7.07. The quantitative estimate of drug-likeness (QED) is 0.721. The van der Waals surface area contributed by atoms with E-state index in [1.807, 2.05) is 54.6 Å². The number of anilines is 1. The Morgan fingerprint density at radius 2 is 1.85 bits per heavy atom. The Kier molecular flexibility index (Phi) is 3.69. The van der Waals surface area contributed by atoms with Crippen molar-refractivity contribution >= 4 is 33.6 Å². The summed E-state index contributed by atoms with van der Waals surface area (Å²) in [5.41, 5.74) is 2.75. The lowest BCUT2D eigenvalue weighted by Crippen LogP contribution is -2.10. The van der Waals surface area contributed by atoms with E-state index in [2.05, 4.69) is 15.3 Å². The van der Waals surface area contributed by atoms with Gasteiger partial charge in [0, 0.05) is 5.69 Å². The Bertz CT molecular complexity index is 691. The Labute approximate surface area is 120 Å². The summed E-state index contributed by atoms with van der Waals surface area (Å²) in [4.78, 5) is 19.4. The molecule has 0 bridgehead atoms. The molecule has 0 unspecified atom stereocenters. The van der Waals surface area contributed by atoms with Crippen molar-refractivity contribution in [3.8, 4) is 0 Å². The smallest absolute Gasteiger partial charge is 0.215 e. The van der Waals surface area contributed by atoms with Gasteiger partial charge in [-0.2, -0.15) is 0 Å². The van der Waals surface area contributed by atoms with Crippen LogP contribution in [0.2, 0.25) is 0 Å². The van der Waals surface area contributed by atoms with Gasteiger partial charge in [-0.05, 0) is 36.0 Å². The third-order valence-electron chi connectivity index (χ3n) is 2.79. The molecule has 2 N–H and O–H groups in total. The van der Waals surface area contributed by atoms with Crippen molar-refractivity contribution in [1.82, 2.24) is 9.97 Å². The van der Waals surface area contributed by atoms with Gasteiger partial charge in [-0.25, -0.2) is 4.98 Å². The number of hydrogen-bond donors (Lipinski definition) is 2. The molecular formula is C15H13N3OS. The van der Waals surface area contributed by atoms with Gasteiger partial charge in [-0.15, -0.1) is 0 Å². The predicted molar refractivity (Wildman–Crippen MR) is 81.9 cm³/mol. The third kappa shape index (κ3) is 3.00. The van der Waals surface area contributed by atoms with Crippen LogP contribution in [0.25, 0.3) is 11.0 Å². The summed E-state index contributed by atoms with van der Waals surface area (Å²) in [5, 5.41) is 3.74. The average molecular weight is 283 g/mol. The molecule has 0 saturated heterocycles. The SMILES string of the molecule is O=C(CNc1ccccc1)Sc1nc2ccccc2[nH]1. The molecule has 0 fully saturated rings. The Hall–Kier alpha value is -2.27. The van der Waals surface area contributed by atoms with Crippen LogP contribution >= 0.6 is 11.8 Å². The number of carbonyl (C=O) groups is 1. The highest BCUT2D eigenvalue weighted by Gasteiger charge is 2.08. The van der Waals surface area contributed by atoms with E-state index >= 15 is 0 Å². The maximum atomic E-state index is 11.9. The second-order valence-electron chi connectivity index (χ2n) is 4.25. The Balaban J connectivity index is 1.61. The number of carbonyl (C=O) groups excluding carboxylic acids is 1. The zero-order valence-electron chi connectivity index (χ0n) is 10.7. The molecular weight excluding hydrogens is 270 g/mol. The van der Waals surface area contributed by atoms with Crippen LogP contribution in [0.1, 0.15) is 0 Å². The van der Waals surface area contributed by atoms with Crippen LogP contribution < -0.4 is 5.32 Å². The van der Waals surface area contributed by atoms with Crippen molar-refractivity contribution in [3.63, 3.8) is 0 Å². The Morgan fingerprint density at radius 1 is 1.10 bits per heavy atom. The van der Waals surface area contributed by atoms with Gasteiger partial charge in [-0.3, -0.25) is 4.79 Å². The van der Waals surface area contributed by atoms with Crippen molar-refractivity contribution in [1.29, 1.82) is 0 Å². The van der Waals surface area contributed by atoms with Crippen LogP contribution in [0, 0.1) is 0 Å². The zero-order chi connectivity index (χ0) is 13.8. The number of thioether (sulfide) groups is 1. The predicted octanol–water partition coefficient (Wildman–Crippen LogP) is 3.29. The number of aromatic amines is 1. The van der Waals surface area contributed by atoms with Crippen LogP contribution in [-0.4, -0.2) is 21.6 Å². The molecule has 3 rings (SSSR count). The third-order valence-corrected chi connectivity index (χ3v) is 3.55. The lowest BCUT2D eigenvalue weighted by atomic mass is 10.3. The highest BCUT2D eigenvalue weighted by Crippen LogP contribution is 2.19. The molecule has 5 heteroatoms. The summed E-state index contributed by atoms with van der Waals surface area (Å²) < 4.78 is 0. The van der Waals surface area contributed by atoms with Gasteiger partial charge in [0.05, 0.1) is 17.6 Å². The minimum Gasteiger partial charge on any atom is -0.377 e. The number of nitrogens with one attached hydrogen (secondary N) is 2. The van der Waals surface area contributed by atoms with E-state index < -0.39 is 0 Å². The topological polar surface area (TPSA) is 57.8 Å². The molecule has 0 aliphatic rings. The maximum absolute atomic E-state index is 11.9. The number of benzene rings is 2. The van der Waals surface area contributed by atoms with Crippen LogP contribution in [-0.2, 0) is 4.79 Å². The van der Waals surface area contributed by atoms with E-state index in [-0.39, 0.29) is 11.7 Å². The van der Waals surface area contributed by atoms with Gasteiger partial charge in [0.2, 0.25) is 5.12 Å². The van der Waals surface area contributed by atoms with Crippen LogP contribution in [0.15, 0.2) is 59.8 Å². The van der Waals surface area contributed by atoms with Crippen molar-refractivity contribution in [2.75, 3.05) is 11.9 Å². The average Bonchev–Trinajstić information content (AvgIpc) is 2.88. The lowest BCUT2D eigenvalue weighted by Gasteiger charge is -2.03. The molecule has 20 heavy (non-hydrogen) atoms. The maximum Gasteiger partial charge on any atom is 0.215 e. The number of H-pyrrole nitrogens is 1. The van der Waals surface area contributed by atoms with E-state index in [0.717, 1.165) is 28.5 Å². The number of nitrogens with zero attached hydrogens (tertiary/aromatic N) is 1. The number of para-hydroxylation sites is 3. The minimum atomic E-state index is 0.0212. The fourth-order valence-electron chi connectivity index (χ4n) is 1.85. The summed E-state index contributed by atoms with van der Waals surface area (Å²) in [6.45, 7) is 0.270. The fraction of sp³-hybridized carbons (Fsp3) is 0.0667. The molecule has 0 amide bonds. The second kappa shape index (κ2) is 5.79. The normalized spacial score (nSPS) is 10.6. The molecule has 3 aromatic rings. The second-order valence-corrected chi connectivity index (χ2v) is 5.30. The number of aromatic nitrogens is 2. The van der Waals surface area contributed by atoms with Gasteiger partial charge in [0.1, 0.15) is 0 Å². The van der Waals surface area contributed by atoms with Crippen molar-refractivity contribution in [2.24, 2.45) is 0 Å². The first kappa shape index (κ1) is 12.7. The van der Waals surface area contributed by atoms with E-state index in [4.69, 9.17) is 0 Å². The van der Waals surface area contributed by atoms with Crippen LogP contribution in [0.5, 0.6) is 0 Å². The molecule has 1 heterocycles. The fourth-order valence-corrected chi connectivity index (χ4v) is 2.52. The summed E-state index contributed by atoms with van der Waals surface area (Å²) >= 11 is 1.12. The zero-order valence-corrected chi connectivity index (χ0v) is 11.5. The highest BCUT2D eigenvalue weighted by molar-refractivity contribution is 8.13. The molecule has 2 aromatic carbocycles. The molecule has 0 saturated carbocycles. The van der Waals surface area contributed by atoms with Crippen LogP contribution in [0.4, 0.5) is 5.69 Å². The summed E-state index contributed by atoms with van der Waals surface area (Å²) in [6.07, 6.45) is 0. The molecule has 0 spiro atoms. The number of rotatable bonds is 4. The molecule has 0 radical (unpaired) electrons. The first-order chi connectivity index (χ1) is 9.81. The van der Waals surface area contributed by atoms with Crippen LogP contribution in [0.3, 0.4) is 0 Å². The van der Waals surface area contributed by atoms with E-state index in [1.54, 1.807) is 0 Å². The van der Waals surface area contributed by atoms with E-state index in [1.165, 1.54) is 0 Å². The van der Waals surface area contributed by atoms with E-state index in [9.17, 15) is 4.79 Å². The molecule has 0 aliphatic carbocycles. The molecule has 0 atom stereocenters. The van der Waals surface area contributed by atoms with Gasteiger partial charge >= 0.3 is 0 Å². The van der Waals surface area contributed by atoms with Crippen molar-refractivity contribution in [3.05, 3.63) is 54.6 Å².